The fraction of sp³-hybridized carbons (Fsp3) is 0.909. The van der Waals surface area contributed by atoms with Crippen LogP contribution >= 0.6 is 0 Å². The third-order valence-corrected chi connectivity index (χ3v) is 2.44. The van der Waals surface area contributed by atoms with Crippen LogP contribution in [-0.2, 0) is 4.79 Å². The van der Waals surface area contributed by atoms with E-state index in [1.54, 1.807) is 0 Å². The van der Waals surface area contributed by atoms with Crippen LogP contribution in [0.4, 0.5) is 0 Å². The van der Waals surface area contributed by atoms with Gasteiger partial charge in [-0.05, 0) is 33.0 Å². The van der Waals surface area contributed by atoms with E-state index in [2.05, 4.69) is 24.1 Å². The van der Waals surface area contributed by atoms with E-state index in [-0.39, 0.29) is 11.9 Å². The summed E-state index contributed by atoms with van der Waals surface area (Å²) in [6.45, 7) is 9.86. The molecule has 15 heavy (non-hydrogen) atoms. The predicted octanol–water partition coefficient (Wildman–Crippen LogP) is 0.572. The predicted molar refractivity (Wildman–Crippen MR) is 63.7 cm³/mol. The van der Waals surface area contributed by atoms with E-state index in [9.17, 15) is 4.79 Å². The molecule has 0 aliphatic heterocycles. The van der Waals surface area contributed by atoms with Gasteiger partial charge in [0.1, 0.15) is 0 Å². The molecule has 1 atom stereocenters. The lowest BCUT2D eigenvalue weighted by Crippen LogP contribution is -2.41. The van der Waals surface area contributed by atoms with Gasteiger partial charge in [-0.1, -0.05) is 13.8 Å². The van der Waals surface area contributed by atoms with E-state index in [1.165, 1.54) is 0 Å². The highest BCUT2D eigenvalue weighted by Gasteiger charge is 2.09. The Morgan fingerprint density at radius 1 is 1.40 bits per heavy atom. The van der Waals surface area contributed by atoms with E-state index in [0.29, 0.717) is 13.0 Å². The van der Waals surface area contributed by atoms with Gasteiger partial charge in [0.05, 0.1) is 0 Å². The third-order valence-electron chi connectivity index (χ3n) is 2.44. The number of hydrogen-bond acceptors (Lipinski definition) is 3. The van der Waals surface area contributed by atoms with Crippen molar-refractivity contribution in [2.75, 3.05) is 26.2 Å². The van der Waals surface area contributed by atoms with Gasteiger partial charge >= 0.3 is 0 Å². The molecule has 90 valence electrons. The maximum absolute atomic E-state index is 11.4. The van der Waals surface area contributed by atoms with Gasteiger partial charge in [0.2, 0.25) is 5.91 Å². The molecule has 0 saturated carbocycles. The number of rotatable bonds is 8. The molecular formula is C11H25N3O. The molecular weight excluding hydrogens is 190 g/mol. The largest absolute Gasteiger partial charge is 0.352 e. The van der Waals surface area contributed by atoms with Gasteiger partial charge in [-0.25, -0.2) is 0 Å². The van der Waals surface area contributed by atoms with Crippen molar-refractivity contribution in [2.24, 2.45) is 5.73 Å². The zero-order valence-corrected chi connectivity index (χ0v) is 10.3. The number of carbonyl (C=O) groups excluding carboxylic acids is 1. The van der Waals surface area contributed by atoms with Gasteiger partial charge in [-0.15, -0.1) is 0 Å². The van der Waals surface area contributed by atoms with E-state index >= 15 is 0 Å². The Kier molecular flexibility index (Phi) is 8.33. The molecule has 0 bridgehead atoms. The van der Waals surface area contributed by atoms with Crippen molar-refractivity contribution in [1.29, 1.82) is 0 Å². The molecule has 0 heterocycles. The summed E-state index contributed by atoms with van der Waals surface area (Å²) in [6.07, 6.45) is 1.31. The van der Waals surface area contributed by atoms with Crippen molar-refractivity contribution >= 4 is 5.91 Å². The minimum Gasteiger partial charge on any atom is -0.352 e. The summed E-state index contributed by atoms with van der Waals surface area (Å²) in [5, 5.41) is 2.98. The second-order valence-corrected chi connectivity index (χ2v) is 3.85. The minimum absolute atomic E-state index is 0.111. The Morgan fingerprint density at radius 2 is 2.00 bits per heavy atom. The van der Waals surface area contributed by atoms with Crippen LogP contribution in [0.3, 0.4) is 0 Å². The lowest BCUT2D eigenvalue weighted by Gasteiger charge is -2.23. The van der Waals surface area contributed by atoms with E-state index in [4.69, 9.17) is 5.73 Å². The summed E-state index contributed by atoms with van der Waals surface area (Å²) in [4.78, 5) is 13.7. The molecule has 1 unspecified atom stereocenters. The van der Waals surface area contributed by atoms with E-state index < -0.39 is 0 Å². The molecule has 0 aliphatic carbocycles. The van der Waals surface area contributed by atoms with Gasteiger partial charge < -0.3 is 16.0 Å². The zero-order chi connectivity index (χ0) is 11.7. The number of carbonyl (C=O) groups is 1. The maximum atomic E-state index is 11.4. The lowest BCUT2D eigenvalue weighted by molar-refractivity contribution is -0.121. The van der Waals surface area contributed by atoms with Crippen LogP contribution in [0, 0.1) is 0 Å². The molecule has 0 aromatic carbocycles. The summed E-state index contributed by atoms with van der Waals surface area (Å²) in [6, 6.07) is 0.218. The second-order valence-electron chi connectivity index (χ2n) is 3.85. The number of amides is 1. The fourth-order valence-corrected chi connectivity index (χ4v) is 1.52. The van der Waals surface area contributed by atoms with Crippen molar-refractivity contribution in [3.05, 3.63) is 0 Å². The molecule has 0 spiro atoms. The third kappa shape index (κ3) is 7.33. The van der Waals surface area contributed by atoms with Crippen LogP contribution in [0.5, 0.6) is 0 Å². The monoisotopic (exact) mass is 215 g/mol. The van der Waals surface area contributed by atoms with Crippen molar-refractivity contribution in [3.63, 3.8) is 0 Å². The smallest absolute Gasteiger partial charge is 0.220 e. The molecule has 4 heteroatoms. The minimum atomic E-state index is 0.111. The molecule has 0 rings (SSSR count). The highest BCUT2D eigenvalue weighted by Crippen LogP contribution is 1.93. The summed E-state index contributed by atoms with van der Waals surface area (Å²) in [5.41, 5.74) is 5.34. The molecule has 0 radical (unpaired) electrons. The Balaban J connectivity index is 3.71. The molecule has 4 nitrogen and oxygen atoms in total. The SMILES string of the molecule is CCN(CC)CC(C)NC(=O)CCCN. The molecule has 0 aliphatic rings. The molecule has 0 fully saturated rings. The van der Waals surface area contributed by atoms with Gasteiger partial charge in [0.25, 0.3) is 0 Å². The van der Waals surface area contributed by atoms with Crippen LogP contribution in [0.1, 0.15) is 33.6 Å². The van der Waals surface area contributed by atoms with Crippen LogP contribution in [-0.4, -0.2) is 43.0 Å². The maximum Gasteiger partial charge on any atom is 0.220 e. The van der Waals surface area contributed by atoms with Crippen molar-refractivity contribution in [2.45, 2.75) is 39.7 Å². The van der Waals surface area contributed by atoms with Crippen molar-refractivity contribution in [3.8, 4) is 0 Å². The first-order valence-electron chi connectivity index (χ1n) is 5.85. The Labute approximate surface area is 93.2 Å². The summed E-state index contributed by atoms with van der Waals surface area (Å²) in [7, 11) is 0. The fourth-order valence-electron chi connectivity index (χ4n) is 1.52. The van der Waals surface area contributed by atoms with Gasteiger partial charge in [0.15, 0.2) is 0 Å². The van der Waals surface area contributed by atoms with Crippen molar-refractivity contribution in [1.82, 2.24) is 10.2 Å². The summed E-state index contributed by atoms with van der Waals surface area (Å²) < 4.78 is 0. The first-order chi connectivity index (χ1) is 7.13. The second kappa shape index (κ2) is 8.68. The Bertz CT molecular complexity index is 169. The van der Waals surface area contributed by atoms with Gasteiger partial charge in [-0.2, -0.15) is 0 Å². The van der Waals surface area contributed by atoms with Gasteiger partial charge in [0, 0.05) is 19.0 Å². The number of nitrogens with two attached hydrogens (primary N) is 1. The first kappa shape index (κ1) is 14.4. The average Bonchev–Trinajstić information content (AvgIpc) is 2.22. The number of likely N-dealkylation sites (N-methyl/N-ethyl adjacent to an activating group) is 1. The van der Waals surface area contributed by atoms with Crippen LogP contribution in [0.15, 0.2) is 0 Å². The topological polar surface area (TPSA) is 58.4 Å². The van der Waals surface area contributed by atoms with Crippen LogP contribution < -0.4 is 11.1 Å². The van der Waals surface area contributed by atoms with E-state index in [0.717, 1.165) is 26.1 Å². The summed E-state index contributed by atoms with van der Waals surface area (Å²) in [5.74, 6) is 0.111. The Morgan fingerprint density at radius 3 is 2.47 bits per heavy atom. The van der Waals surface area contributed by atoms with Gasteiger partial charge in [-0.3, -0.25) is 4.79 Å². The number of hydrogen-bond donors (Lipinski definition) is 2. The van der Waals surface area contributed by atoms with E-state index in [1.807, 2.05) is 6.92 Å². The average molecular weight is 215 g/mol. The zero-order valence-electron chi connectivity index (χ0n) is 10.3. The lowest BCUT2D eigenvalue weighted by atomic mass is 10.2. The van der Waals surface area contributed by atoms with Crippen molar-refractivity contribution < 1.29 is 4.79 Å². The normalized spacial score (nSPS) is 12.9. The highest BCUT2D eigenvalue weighted by molar-refractivity contribution is 5.76. The summed E-state index contributed by atoms with van der Waals surface area (Å²) >= 11 is 0. The number of nitrogens with one attached hydrogen (secondary N) is 1. The molecule has 0 aromatic heterocycles. The standard InChI is InChI=1S/C11H25N3O/c1-4-14(5-2)9-10(3)13-11(15)7-6-8-12/h10H,4-9,12H2,1-3H3,(H,13,15). The van der Waals surface area contributed by atoms with Crippen LogP contribution in [0.2, 0.25) is 0 Å². The quantitative estimate of drug-likeness (QED) is 0.622. The highest BCUT2D eigenvalue weighted by atomic mass is 16.1. The van der Waals surface area contributed by atoms with Crippen LogP contribution in [0.25, 0.3) is 0 Å². The molecule has 0 saturated heterocycles. The molecule has 0 aromatic rings. The molecule has 3 N–H and O–H groups in total. The number of nitrogens with zero attached hydrogens (tertiary/aromatic N) is 1. The first-order valence-corrected chi connectivity index (χ1v) is 5.85. The Hall–Kier alpha value is -0.610. The molecule has 1 amide bonds.